The number of hydrogen-bond donors (Lipinski definition) is 0. The average molecular weight is 361 g/mol. The minimum absolute atomic E-state index is 0.0365. The maximum atomic E-state index is 12.8. The highest BCUT2D eigenvalue weighted by Crippen LogP contribution is 2.36. The van der Waals surface area contributed by atoms with Gasteiger partial charge in [-0.3, -0.25) is 14.5 Å². The number of allylic oxidation sites excluding steroid dienone is 2. The number of fused-ring (bicyclic) bond motifs is 1. The number of ether oxygens (including phenoxy) is 2. The second-order valence-corrected chi connectivity index (χ2v) is 6.35. The molecular formula is C19H20FNO5. The number of imide groups is 1. The standard InChI is InChI=1S/C19H20FNO5/c1-12(21-17(22)15-4-2-3-5-16(15)18(21)23)19(24)26-11-10-25-14-8-6-13(20)7-9-14/h2-3,6-9,12,15-16H,4-5,10-11H2,1H3/t12-,15+,16+/m0/s1. The monoisotopic (exact) mass is 361 g/mol. The molecule has 0 saturated carbocycles. The second kappa shape index (κ2) is 7.68. The van der Waals surface area contributed by atoms with Crippen molar-refractivity contribution in [2.45, 2.75) is 25.8 Å². The summed E-state index contributed by atoms with van der Waals surface area (Å²) in [6.07, 6.45) is 4.84. The summed E-state index contributed by atoms with van der Waals surface area (Å²) in [6, 6.07) is 4.50. The minimum Gasteiger partial charge on any atom is -0.490 e. The number of benzene rings is 1. The fourth-order valence-corrected chi connectivity index (χ4v) is 3.27. The number of halogens is 1. The zero-order valence-electron chi connectivity index (χ0n) is 14.4. The van der Waals surface area contributed by atoms with Crippen molar-refractivity contribution < 1.29 is 28.2 Å². The lowest BCUT2D eigenvalue weighted by atomic mass is 9.85. The molecule has 1 fully saturated rings. The topological polar surface area (TPSA) is 72.9 Å². The van der Waals surface area contributed by atoms with Gasteiger partial charge in [-0.05, 0) is 44.0 Å². The van der Waals surface area contributed by atoms with Crippen molar-refractivity contribution >= 4 is 17.8 Å². The molecule has 1 aliphatic carbocycles. The molecular weight excluding hydrogens is 341 g/mol. The fraction of sp³-hybridized carbons (Fsp3) is 0.421. The summed E-state index contributed by atoms with van der Waals surface area (Å²) in [5, 5.41) is 0. The van der Waals surface area contributed by atoms with Crippen molar-refractivity contribution in [1.29, 1.82) is 0 Å². The van der Waals surface area contributed by atoms with Crippen molar-refractivity contribution in [2.75, 3.05) is 13.2 Å². The Bertz CT molecular complexity index is 704. The van der Waals surface area contributed by atoms with Crippen LogP contribution in [0.25, 0.3) is 0 Å². The third-order valence-electron chi connectivity index (χ3n) is 4.68. The van der Waals surface area contributed by atoms with Gasteiger partial charge in [0.05, 0.1) is 11.8 Å². The maximum Gasteiger partial charge on any atom is 0.329 e. The summed E-state index contributed by atoms with van der Waals surface area (Å²) in [4.78, 5) is 38.1. The van der Waals surface area contributed by atoms with E-state index in [9.17, 15) is 18.8 Å². The van der Waals surface area contributed by atoms with E-state index in [0.717, 1.165) is 4.90 Å². The number of nitrogens with zero attached hydrogens (tertiary/aromatic N) is 1. The van der Waals surface area contributed by atoms with Crippen LogP contribution in [0.4, 0.5) is 4.39 Å². The summed E-state index contributed by atoms with van der Waals surface area (Å²) < 4.78 is 23.3. The number of likely N-dealkylation sites (tertiary alicyclic amines) is 1. The minimum atomic E-state index is -0.966. The first-order valence-corrected chi connectivity index (χ1v) is 8.56. The van der Waals surface area contributed by atoms with E-state index in [0.29, 0.717) is 18.6 Å². The lowest BCUT2D eigenvalue weighted by molar-refractivity contribution is -0.158. The third-order valence-corrected chi connectivity index (χ3v) is 4.68. The molecule has 1 saturated heterocycles. The largest absolute Gasteiger partial charge is 0.490 e. The van der Waals surface area contributed by atoms with E-state index in [1.54, 1.807) is 0 Å². The van der Waals surface area contributed by atoms with Gasteiger partial charge >= 0.3 is 5.97 Å². The smallest absolute Gasteiger partial charge is 0.329 e. The molecule has 7 heteroatoms. The van der Waals surface area contributed by atoms with Gasteiger partial charge in [0.15, 0.2) is 0 Å². The van der Waals surface area contributed by atoms with Crippen LogP contribution < -0.4 is 4.74 Å². The molecule has 26 heavy (non-hydrogen) atoms. The fourth-order valence-electron chi connectivity index (χ4n) is 3.27. The van der Waals surface area contributed by atoms with Gasteiger partial charge in [-0.1, -0.05) is 12.2 Å². The van der Waals surface area contributed by atoms with Crippen LogP contribution in [-0.4, -0.2) is 41.9 Å². The predicted molar refractivity (Wildman–Crippen MR) is 89.5 cm³/mol. The van der Waals surface area contributed by atoms with Gasteiger partial charge in [0.1, 0.15) is 30.8 Å². The molecule has 3 rings (SSSR count). The zero-order chi connectivity index (χ0) is 18.7. The Kier molecular flexibility index (Phi) is 5.35. The third kappa shape index (κ3) is 3.61. The van der Waals surface area contributed by atoms with E-state index >= 15 is 0 Å². The molecule has 0 unspecified atom stereocenters. The molecule has 1 aliphatic heterocycles. The van der Waals surface area contributed by atoms with Gasteiger partial charge in [-0.25, -0.2) is 9.18 Å². The van der Waals surface area contributed by atoms with Crippen molar-refractivity contribution in [3.8, 4) is 5.75 Å². The number of esters is 1. The van der Waals surface area contributed by atoms with Crippen LogP contribution in [0.15, 0.2) is 36.4 Å². The van der Waals surface area contributed by atoms with E-state index in [1.165, 1.54) is 31.2 Å². The molecule has 0 aromatic heterocycles. The lowest BCUT2D eigenvalue weighted by Gasteiger charge is -2.21. The SMILES string of the molecule is C[C@@H](C(=O)OCCOc1ccc(F)cc1)N1C(=O)[C@@H]2CC=CC[C@H]2C1=O. The molecule has 1 aromatic carbocycles. The first kappa shape index (κ1) is 18.1. The number of rotatable bonds is 6. The van der Waals surface area contributed by atoms with Gasteiger partial charge in [0.25, 0.3) is 0 Å². The Morgan fingerprint density at radius 1 is 1.12 bits per heavy atom. The van der Waals surface area contributed by atoms with Gasteiger partial charge in [0, 0.05) is 0 Å². The Labute approximate surface area is 150 Å². The van der Waals surface area contributed by atoms with Gasteiger partial charge in [-0.15, -0.1) is 0 Å². The first-order valence-electron chi connectivity index (χ1n) is 8.56. The second-order valence-electron chi connectivity index (χ2n) is 6.35. The Hall–Kier alpha value is -2.70. The number of amides is 2. The number of carbonyl (C=O) groups excluding carboxylic acids is 3. The first-order chi connectivity index (χ1) is 12.5. The van der Waals surface area contributed by atoms with Crippen LogP contribution in [0.5, 0.6) is 5.75 Å². The van der Waals surface area contributed by atoms with Gasteiger partial charge < -0.3 is 9.47 Å². The van der Waals surface area contributed by atoms with Crippen LogP contribution >= 0.6 is 0 Å². The van der Waals surface area contributed by atoms with Crippen LogP contribution in [0.2, 0.25) is 0 Å². The number of carbonyl (C=O) groups is 3. The van der Waals surface area contributed by atoms with E-state index in [4.69, 9.17) is 9.47 Å². The van der Waals surface area contributed by atoms with Gasteiger partial charge in [-0.2, -0.15) is 0 Å². The molecule has 138 valence electrons. The molecule has 0 N–H and O–H groups in total. The molecule has 3 atom stereocenters. The van der Waals surface area contributed by atoms with E-state index in [2.05, 4.69) is 0 Å². The highest BCUT2D eigenvalue weighted by molar-refractivity contribution is 6.08. The number of hydrogen-bond acceptors (Lipinski definition) is 5. The van der Waals surface area contributed by atoms with Gasteiger partial charge in [0.2, 0.25) is 11.8 Å². The Balaban J connectivity index is 1.49. The van der Waals surface area contributed by atoms with Crippen molar-refractivity contribution in [3.63, 3.8) is 0 Å². The van der Waals surface area contributed by atoms with Crippen LogP contribution in [0, 0.1) is 17.7 Å². The molecule has 2 amide bonds. The molecule has 0 bridgehead atoms. The summed E-state index contributed by atoms with van der Waals surface area (Å²) in [5.41, 5.74) is 0. The molecule has 1 heterocycles. The summed E-state index contributed by atoms with van der Waals surface area (Å²) >= 11 is 0. The lowest BCUT2D eigenvalue weighted by Crippen LogP contribution is -2.44. The Morgan fingerprint density at radius 3 is 2.27 bits per heavy atom. The summed E-state index contributed by atoms with van der Waals surface area (Å²) in [7, 11) is 0. The van der Waals surface area contributed by atoms with Crippen molar-refractivity contribution in [1.82, 2.24) is 4.90 Å². The highest BCUT2D eigenvalue weighted by atomic mass is 19.1. The molecule has 0 radical (unpaired) electrons. The maximum absolute atomic E-state index is 12.8. The van der Waals surface area contributed by atoms with Crippen LogP contribution in [0.3, 0.4) is 0 Å². The molecule has 0 spiro atoms. The summed E-state index contributed by atoms with van der Waals surface area (Å²) in [5.74, 6) is -1.92. The molecule has 1 aromatic rings. The van der Waals surface area contributed by atoms with Crippen LogP contribution in [-0.2, 0) is 19.1 Å². The average Bonchev–Trinajstić information content (AvgIpc) is 2.90. The normalized spacial score (nSPS) is 22.9. The van der Waals surface area contributed by atoms with Crippen molar-refractivity contribution in [2.24, 2.45) is 11.8 Å². The Morgan fingerprint density at radius 2 is 1.69 bits per heavy atom. The van der Waals surface area contributed by atoms with E-state index in [1.807, 2.05) is 12.2 Å². The van der Waals surface area contributed by atoms with Crippen LogP contribution in [0.1, 0.15) is 19.8 Å². The summed E-state index contributed by atoms with van der Waals surface area (Å²) in [6.45, 7) is 1.54. The van der Waals surface area contributed by atoms with E-state index < -0.39 is 12.0 Å². The highest BCUT2D eigenvalue weighted by Gasteiger charge is 2.50. The predicted octanol–water partition coefficient (Wildman–Crippen LogP) is 2.09. The molecule has 6 nitrogen and oxygen atoms in total. The molecule has 2 aliphatic rings. The zero-order valence-corrected chi connectivity index (χ0v) is 14.4. The van der Waals surface area contributed by atoms with Crippen molar-refractivity contribution in [3.05, 3.63) is 42.2 Å². The van der Waals surface area contributed by atoms with E-state index in [-0.39, 0.29) is 42.7 Å². The quantitative estimate of drug-likeness (QED) is 0.336.